The number of hydrogen-bond acceptors (Lipinski definition) is 2. The van der Waals surface area contributed by atoms with E-state index in [0.29, 0.717) is 0 Å². The van der Waals surface area contributed by atoms with Gasteiger partial charge in [-0.1, -0.05) is 26.7 Å². The Bertz CT molecular complexity index is 206. The number of amides is 1. The van der Waals surface area contributed by atoms with Crippen LogP contribution in [0.5, 0.6) is 0 Å². The second-order valence-electron chi connectivity index (χ2n) is 4.60. The van der Waals surface area contributed by atoms with Crippen LogP contribution in [-0.2, 0) is 4.79 Å². The molecule has 1 saturated carbocycles. The number of nitrogens with one attached hydrogen (secondary N) is 1. The third kappa shape index (κ3) is 2.71. The van der Waals surface area contributed by atoms with Gasteiger partial charge in [-0.05, 0) is 25.7 Å². The molecule has 0 radical (unpaired) electrons. The minimum absolute atomic E-state index is 0.0437. The van der Waals surface area contributed by atoms with E-state index in [4.69, 9.17) is 5.11 Å². The van der Waals surface area contributed by atoms with Crippen LogP contribution < -0.4 is 5.32 Å². The molecule has 0 bridgehead atoms. The largest absolute Gasteiger partial charge is 0.394 e. The topological polar surface area (TPSA) is 49.3 Å². The van der Waals surface area contributed by atoms with Gasteiger partial charge in [0.2, 0.25) is 5.91 Å². The number of rotatable bonds is 5. The SMILES string of the molecule is CC[C@@H](CO)NC(=O)C1(CC)CCCC1. The van der Waals surface area contributed by atoms with Gasteiger partial charge in [0.25, 0.3) is 0 Å². The van der Waals surface area contributed by atoms with Gasteiger partial charge < -0.3 is 10.4 Å². The van der Waals surface area contributed by atoms with E-state index < -0.39 is 0 Å². The summed E-state index contributed by atoms with van der Waals surface area (Å²) in [6.45, 7) is 4.11. The average molecular weight is 213 g/mol. The van der Waals surface area contributed by atoms with Crippen LogP contribution in [0.15, 0.2) is 0 Å². The molecule has 2 N–H and O–H groups in total. The predicted molar refractivity (Wildman–Crippen MR) is 60.5 cm³/mol. The fraction of sp³-hybridized carbons (Fsp3) is 0.917. The highest BCUT2D eigenvalue weighted by atomic mass is 16.3. The van der Waals surface area contributed by atoms with Crippen LogP contribution >= 0.6 is 0 Å². The maximum atomic E-state index is 12.1. The normalized spacial score (nSPS) is 21.3. The summed E-state index contributed by atoms with van der Waals surface area (Å²) in [6.07, 6.45) is 6.06. The van der Waals surface area contributed by atoms with Crippen molar-refractivity contribution in [1.82, 2.24) is 5.32 Å². The van der Waals surface area contributed by atoms with Crippen molar-refractivity contribution in [3.05, 3.63) is 0 Å². The van der Waals surface area contributed by atoms with Crippen molar-refractivity contribution in [1.29, 1.82) is 0 Å². The molecular formula is C12H23NO2. The Labute approximate surface area is 92.3 Å². The van der Waals surface area contributed by atoms with Gasteiger partial charge in [0.15, 0.2) is 0 Å². The van der Waals surface area contributed by atoms with E-state index in [0.717, 1.165) is 38.5 Å². The Morgan fingerprint density at radius 1 is 1.40 bits per heavy atom. The van der Waals surface area contributed by atoms with Crippen LogP contribution in [-0.4, -0.2) is 23.7 Å². The number of aliphatic hydroxyl groups is 1. The lowest BCUT2D eigenvalue weighted by molar-refractivity contribution is -0.132. The second kappa shape index (κ2) is 5.50. The summed E-state index contributed by atoms with van der Waals surface area (Å²) in [6, 6.07) is -0.0680. The predicted octanol–water partition coefficient (Wildman–Crippen LogP) is 1.84. The molecule has 0 heterocycles. The highest BCUT2D eigenvalue weighted by molar-refractivity contribution is 5.83. The maximum Gasteiger partial charge on any atom is 0.226 e. The minimum atomic E-state index is -0.136. The Morgan fingerprint density at radius 3 is 2.40 bits per heavy atom. The molecule has 1 atom stereocenters. The highest BCUT2D eigenvalue weighted by Crippen LogP contribution is 2.41. The first-order valence-electron chi connectivity index (χ1n) is 6.10. The fourth-order valence-corrected chi connectivity index (χ4v) is 2.41. The minimum Gasteiger partial charge on any atom is -0.394 e. The van der Waals surface area contributed by atoms with Crippen molar-refractivity contribution < 1.29 is 9.90 Å². The third-order valence-electron chi connectivity index (χ3n) is 3.77. The van der Waals surface area contributed by atoms with E-state index in [1.807, 2.05) is 6.92 Å². The zero-order chi connectivity index (χ0) is 11.3. The number of aliphatic hydroxyl groups excluding tert-OH is 1. The molecule has 0 aliphatic heterocycles. The van der Waals surface area contributed by atoms with Crippen molar-refractivity contribution in [2.75, 3.05) is 6.61 Å². The lowest BCUT2D eigenvalue weighted by Gasteiger charge is -2.28. The van der Waals surface area contributed by atoms with Crippen molar-refractivity contribution in [3.8, 4) is 0 Å². The van der Waals surface area contributed by atoms with Gasteiger partial charge in [0.05, 0.1) is 12.6 Å². The molecule has 1 amide bonds. The smallest absolute Gasteiger partial charge is 0.226 e. The van der Waals surface area contributed by atoms with E-state index in [2.05, 4.69) is 12.2 Å². The first-order valence-corrected chi connectivity index (χ1v) is 6.10. The summed E-state index contributed by atoms with van der Waals surface area (Å²) in [7, 11) is 0. The van der Waals surface area contributed by atoms with Crippen molar-refractivity contribution in [3.63, 3.8) is 0 Å². The Morgan fingerprint density at radius 2 is 2.00 bits per heavy atom. The summed E-state index contributed by atoms with van der Waals surface area (Å²) in [5.41, 5.74) is -0.136. The summed E-state index contributed by atoms with van der Waals surface area (Å²) in [5, 5.41) is 12.0. The van der Waals surface area contributed by atoms with E-state index in [1.165, 1.54) is 0 Å². The molecule has 0 spiro atoms. The molecule has 0 unspecified atom stereocenters. The van der Waals surface area contributed by atoms with E-state index in [-0.39, 0.29) is 24.0 Å². The van der Waals surface area contributed by atoms with E-state index >= 15 is 0 Å². The maximum absolute atomic E-state index is 12.1. The molecule has 0 saturated heterocycles. The van der Waals surface area contributed by atoms with Crippen molar-refractivity contribution in [2.24, 2.45) is 5.41 Å². The molecule has 1 fully saturated rings. The standard InChI is InChI=1S/C12H23NO2/c1-3-10(9-14)13-11(15)12(4-2)7-5-6-8-12/h10,14H,3-9H2,1-2H3,(H,13,15)/t10-/m0/s1. The molecule has 1 aliphatic carbocycles. The van der Waals surface area contributed by atoms with E-state index in [1.54, 1.807) is 0 Å². The Hall–Kier alpha value is -0.570. The first kappa shape index (κ1) is 12.5. The Balaban J connectivity index is 2.57. The molecule has 1 rings (SSSR count). The first-order chi connectivity index (χ1) is 7.18. The van der Waals surface area contributed by atoms with Crippen LogP contribution in [0.2, 0.25) is 0 Å². The van der Waals surface area contributed by atoms with Gasteiger partial charge in [-0.15, -0.1) is 0 Å². The van der Waals surface area contributed by atoms with Gasteiger partial charge in [-0.3, -0.25) is 4.79 Å². The van der Waals surface area contributed by atoms with Gasteiger partial charge in [-0.25, -0.2) is 0 Å². The van der Waals surface area contributed by atoms with Crippen LogP contribution in [0.4, 0.5) is 0 Å². The van der Waals surface area contributed by atoms with Crippen LogP contribution in [0.25, 0.3) is 0 Å². The van der Waals surface area contributed by atoms with Crippen LogP contribution in [0, 0.1) is 5.41 Å². The number of hydrogen-bond donors (Lipinski definition) is 2. The Kier molecular flexibility index (Phi) is 4.58. The lowest BCUT2D eigenvalue weighted by Crippen LogP contribution is -2.45. The van der Waals surface area contributed by atoms with Gasteiger partial charge in [0.1, 0.15) is 0 Å². The molecule has 0 aromatic heterocycles. The van der Waals surface area contributed by atoms with Gasteiger partial charge in [0, 0.05) is 5.41 Å². The van der Waals surface area contributed by atoms with Crippen LogP contribution in [0.3, 0.4) is 0 Å². The molecule has 0 aromatic carbocycles. The number of carbonyl (C=O) groups is 1. The fourth-order valence-electron chi connectivity index (χ4n) is 2.41. The van der Waals surface area contributed by atoms with Gasteiger partial charge in [-0.2, -0.15) is 0 Å². The zero-order valence-electron chi connectivity index (χ0n) is 9.88. The molecule has 1 aliphatic rings. The summed E-state index contributed by atoms with van der Waals surface area (Å²) in [5.74, 6) is 0.156. The molecule has 3 heteroatoms. The lowest BCUT2D eigenvalue weighted by atomic mass is 9.82. The third-order valence-corrected chi connectivity index (χ3v) is 3.77. The summed E-state index contributed by atoms with van der Waals surface area (Å²) in [4.78, 5) is 12.1. The van der Waals surface area contributed by atoms with Crippen molar-refractivity contribution >= 4 is 5.91 Å². The molecule has 0 aromatic rings. The van der Waals surface area contributed by atoms with Gasteiger partial charge >= 0.3 is 0 Å². The van der Waals surface area contributed by atoms with E-state index in [9.17, 15) is 4.79 Å². The summed E-state index contributed by atoms with van der Waals surface area (Å²) < 4.78 is 0. The molecule has 15 heavy (non-hydrogen) atoms. The second-order valence-corrected chi connectivity index (χ2v) is 4.60. The quantitative estimate of drug-likeness (QED) is 0.732. The number of carbonyl (C=O) groups excluding carboxylic acids is 1. The molecule has 3 nitrogen and oxygen atoms in total. The molecule has 88 valence electrons. The molecular weight excluding hydrogens is 190 g/mol. The summed E-state index contributed by atoms with van der Waals surface area (Å²) >= 11 is 0. The average Bonchev–Trinajstić information content (AvgIpc) is 2.75. The zero-order valence-corrected chi connectivity index (χ0v) is 9.88. The monoisotopic (exact) mass is 213 g/mol. The highest BCUT2D eigenvalue weighted by Gasteiger charge is 2.39. The van der Waals surface area contributed by atoms with Crippen LogP contribution in [0.1, 0.15) is 52.4 Å². The van der Waals surface area contributed by atoms with Crippen molar-refractivity contribution in [2.45, 2.75) is 58.4 Å².